The average molecular weight is 434 g/mol. The maximum absolute atomic E-state index is 14.7. The van der Waals surface area contributed by atoms with Gasteiger partial charge in [-0.1, -0.05) is 24.3 Å². The number of carbonyl (C=O) groups excluding carboxylic acids is 2. The van der Waals surface area contributed by atoms with Gasteiger partial charge >= 0.3 is 11.9 Å². The first-order valence-electron chi connectivity index (χ1n) is 9.56. The first kappa shape index (κ1) is 22.8. The number of rotatable bonds is 8. The van der Waals surface area contributed by atoms with Crippen LogP contribution in [0, 0.1) is 0 Å². The highest BCUT2D eigenvalue weighted by molar-refractivity contribution is 5.90. The van der Waals surface area contributed by atoms with Crippen LogP contribution in [0.25, 0.3) is 0 Å². The molecule has 2 aromatic carbocycles. The molecule has 0 amide bonds. The summed E-state index contributed by atoms with van der Waals surface area (Å²) in [6, 6.07) is 12.1. The Balaban J connectivity index is 1.65. The summed E-state index contributed by atoms with van der Waals surface area (Å²) < 4.78 is 35.6. The fourth-order valence-corrected chi connectivity index (χ4v) is 3.07. The average Bonchev–Trinajstić information content (AvgIpc) is 3.11. The van der Waals surface area contributed by atoms with Crippen molar-refractivity contribution in [2.75, 3.05) is 13.7 Å². The lowest BCUT2D eigenvalue weighted by Crippen LogP contribution is -2.37. The highest BCUT2D eigenvalue weighted by Gasteiger charge is 2.48. The Morgan fingerprint density at radius 1 is 0.935 bits per heavy atom. The monoisotopic (exact) mass is 434 g/mol. The quantitative estimate of drug-likeness (QED) is 0.605. The molecule has 1 unspecified atom stereocenters. The van der Waals surface area contributed by atoms with Crippen molar-refractivity contribution in [2.24, 2.45) is 0 Å². The standard InChI is InChI=1S/C22H23FO8/c1-28-22-18(23)19(31-21(27)16-8-4-14(11-25)5-9-16)17(30-22)12-29-20(26)15-6-2-13(10-24)3-7-15/h2-9,17-19,22,24-25H,10-12H2,1H3/t17-,18+,19-,22?/m1/s1. The molecule has 0 aromatic heterocycles. The molecule has 1 saturated heterocycles. The second kappa shape index (κ2) is 10.5. The summed E-state index contributed by atoms with van der Waals surface area (Å²) in [6.07, 6.45) is -5.47. The van der Waals surface area contributed by atoms with E-state index in [2.05, 4.69) is 0 Å². The Hall–Kier alpha value is -2.85. The zero-order valence-electron chi connectivity index (χ0n) is 16.8. The third-order valence-electron chi connectivity index (χ3n) is 4.85. The Morgan fingerprint density at radius 2 is 1.45 bits per heavy atom. The van der Waals surface area contributed by atoms with Gasteiger partial charge in [-0.3, -0.25) is 0 Å². The summed E-state index contributed by atoms with van der Waals surface area (Å²) in [5, 5.41) is 18.2. The molecular formula is C22H23FO8. The zero-order chi connectivity index (χ0) is 22.4. The van der Waals surface area contributed by atoms with Crippen LogP contribution in [0.3, 0.4) is 0 Å². The second-order valence-electron chi connectivity index (χ2n) is 6.90. The summed E-state index contributed by atoms with van der Waals surface area (Å²) in [4.78, 5) is 24.7. The Bertz CT molecular complexity index is 883. The number of carbonyl (C=O) groups is 2. The lowest BCUT2D eigenvalue weighted by Gasteiger charge is -2.19. The SMILES string of the molecule is COC1O[C@H](COC(=O)c2ccc(CO)cc2)[C@@H](OC(=O)c2ccc(CO)cc2)[C@@H]1F. The maximum atomic E-state index is 14.7. The van der Waals surface area contributed by atoms with Gasteiger partial charge in [0.1, 0.15) is 12.7 Å². The third-order valence-corrected chi connectivity index (χ3v) is 4.85. The van der Waals surface area contributed by atoms with Crippen LogP contribution < -0.4 is 0 Å². The van der Waals surface area contributed by atoms with Crippen LogP contribution in [0.15, 0.2) is 48.5 Å². The van der Waals surface area contributed by atoms with Crippen LogP contribution in [0.4, 0.5) is 4.39 Å². The van der Waals surface area contributed by atoms with Crippen molar-refractivity contribution in [1.82, 2.24) is 0 Å². The predicted octanol–water partition coefficient (Wildman–Crippen LogP) is 1.76. The molecule has 1 heterocycles. The van der Waals surface area contributed by atoms with Crippen molar-refractivity contribution < 1.29 is 43.1 Å². The number of esters is 2. The number of ether oxygens (including phenoxy) is 4. The molecule has 2 N–H and O–H groups in total. The van der Waals surface area contributed by atoms with E-state index in [4.69, 9.17) is 29.2 Å². The molecule has 9 heteroatoms. The fraction of sp³-hybridized carbons (Fsp3) is 0.364. The number of hydrogen-bond acceptors (Lipinski definition) is 8. The molecule has 0 bridgehead atoms. The molecule has 3 rings (SSSR count). The molecule has 0 aliphatic carbocycles. The minimum Gasteiger partial charge on any atom is -0.459 e. The van der Waals surface area contributed by atoms with E-state index in [-0.39, 0.29) is 30.9 Å². The second-order valence-corrected chi connectivity index (χ2v) is 6.90. The molecule has 166 valence electrons. The lowest BCUT2D eigenvalue weighted by molar-refractivity contribution is -0.142. The molecule has 4 atom stereocenters. The van der Waals surface area contributed by atoms with E-state index < -0.39 is 36.6 Å². The molecule has 31 heavy (non-hydrogen) atoms. The van der Waals surface area contributed by atoms with Gasteiger partial charge in [0.15, 0.2) is 18.6 Å². The van der Waals surface area contributed by atoms with Crippen LogP contribution in [0.5, 0.6) is 0 Å². The van der Waals surface area contributed by atoms with E-state index in [0.717, 1.165) is 0 Å². The highest BCUT2D eigenvalue weighted by Crippen LogP contribution is 2.28. The number of alkyl halides is 1. The molecular weight excluding hydrogens is 411 g/mol. The smallest absolute Gasteiger partial charge is 0.338 e. The highest BCUT2D eigenvalue weighted by atomic mass is 19.1. The van der Waals surface area contributed by atoms with E-state index >= 15 is 0 Å². The number of methoxy groups -OCH3 is 1. The van der Waals surface area contributed by atoms with Gasteiger partial charge in [0.2, 0.25) is 0 Å². The van der Waals surface area contributed by atoms with Crippen molar-refractivity contribution in [3.05, 3.63) is 70.8 Å². The number of hydrogen-bond donors (Lipinski definition) is 2. The molecule has 1 aliphatic rings. The van der Waals surface area contributed by atoms with Crippen molar-refractivity contribution in [3.63, 3.8) is 0 Å². The summed E-state index contributed by atoms with van der Waals surface area (Å²) in [7, 11) is 1.25. The number of aliphatic hydroxyl groups is 2. The zero-order valence-corrected chi connectivity index (χ0v) is 16.8. The molecule has 8 nitrogen and oxygen atoms in total. The molecule has 2 aromatic rings. The van der Waals surface area contributed by atoms with Crippen LogP contribution >= 0.6 is 0 Å². The van der Waals surface area contributed by atoms with Crippen LogP contribution in [0.2, 0.25) is 0 Å². The Morgan fingerprint density at radius 3 is 1.94 bits per heavy atom. The van der Waals surface area contributed by atoms with Crippen molar-refractivity contribution in [3.8, 4) is 0 Å². The lowest BCUT2D eigenvalue weighted by atomic mass is 10.1. The van der Waals surface area contributed by atoms with E-state index in [9.17, 15) is 14.0 Å². The predicted molar refractivity (Wildman–Crippen MR) is 105 cm³/mol. The van der Waals surface area contributed by atoms with Gasteiger partial charge in [-0.25, -0.2) is 14.0 Å². The van der Waals surface area contributed by atoms with Gasteiger partial charge in [-0.05, 0) is 35.4 Å². The van der Waals surface area contributed by atoms with Crippen molar-refractivity contribution in [1.29, 1.82) is 0 Å². The van der Waals surface area contributed by atoms with E-state index in [1.165, 1.54) is 31.4 Å². The largest absolute Gasteiger partial charge is 0.459 e. The minimum atomic E-state index is -1.78. The van der Waals surface area contributed by atoms with Gasteiger partial charge < -0.3 is 29.2 Å². The summed E-state index contributed by atoms with van der Waals surface area (Å²) in [6.45, 7) is -0.691. The van der Waals surface area contributed by atoms with Crippen LogP contribution in [-0.2, 0) is 32.2 Å². The van der Waals surface area contributed by atoms with Gasteiger partial charge in [0.25, 0.3) is 0 Å². The summed E-state index contributed by atoms with van der Waals surface area (Å²) in [5.41, 5.74) is 1.66. The van der Waals surface area contributed by atoms with Gasteiger partial charge in [0.05, 0.1) is 24.3 Å². The Labute approximate surface area is 178 Å². The van der Waals surface area contributed by atoms with Crippen LogP contribution in [0.1, 0.15) is 31.8 Å². The maximum Gasteiger partial charge on any atom is 0.338 e. The van der Waals surface area contributed by atoms with Crippen LogP contribution in [-0.4, -0.2) is 60.5 Å². The Kier molecular flexibility index (Phi) is 7.69. The first-order valence-corrected chi connectivity index (χ1v) is 9.56. The van der Waals surface area contributed by atoms with Crippen molar-refractivity contribution in [2.45, 2.75) is 37.9 Å². The van der Waals surface area contributed by atoms with Crippen molar-refractivity contribution >= 4 is 11.9 Å². The van der Waals surface area contributed by atoms with Gasteiger partial charge in [-0.2, -0.15) is 0 Å². The minimum absolute atomic E-state index is 0.155. The van der Waals surface area contributed by atoms with Gasteiger partial charge in [-0.15, -0.1) is 0 Å². The normalized spacial score (nSPS) is 22.8. The number of halogens is 1. The van der Waals surface area contributed by atoms with Gasteiger partial charge in [0, 0.05) is 7.11 Å². The topological polar surface area (TPSA) is 112 Å². The summed E-state index contributed by atoms with van der Waals surface area (Å²) >= 11 is 0. The molecule has 0 spiro atoms. The molecule has 1 fully saturated rings. The first-order chi connectivity index (χ1) is 15.0. The molecule has 0 radical (unpaired) electrons. The number of benzene rings is 2. The molecule has 1 aliphatic heterocycles. The summed E-state index contributed by atoms with van der Waals surface area (Å²) in [5.74, 6) is -1.46. The van der Waals surface area contributed by atoms with E-state index in [1.54, 1.807) is 24.3 Å². The van der Waals surface area contributed by atoms with E-state index in [0.29, 0.717) is 11.1 Å². The molecule has 0 saturated carbocycles. The number of aliphatic hydroxyl groups excluding tert-OH is 2. The van der Waals surface area contributed by atoms with E-state index in [1.807, 2.05) is 0 Å². The third kappa shape index (κ3) is 5.45. The fourth-order valence-electron chi connectivity index (χ4n) is 3.07.